The summed E-state index contributed by atoms with van der Waals surface area (Å²) < 4.78 is 28.5. The van der Waals surface area contributed by atoms with E-state index in [1.165, 1.54) is 53.6 Å². The minimum atomic E-state index is -4.00. The van der Waals surface area contributed by atoms with E-state index in [-0.39, 0.29) is 22.0 Å². The summed E-state index contributed by atoms with van der Waals surface area (Å²) in [6, 6.07) is 18.6. The maximum absolute atomic E-state index is 12.5. The van der Waals surface area contributed by atoms with E-state index in [1.807, 2.05) is 18.2 Å². The van der Waals surface area contributed by atoms with Crippen molar-refractivity contribution in [3.63, 3.8) is 0 Å². The fourth-order valence-corrected chi connectivity index (χ4v) is 4.31. The summed E-state index contributed by atoms with van der Waals surface area (Å²) in [6.07, 6.45) is 4.03. The van der Waals surface area contributed by atoms with E-state index in [1.54, 1.807) is 6.08 Å². The number of rotatable bonds is 5. The van der Waals surface area contributed by atoms with Crippen LogP contribution in [0.5, 0.6) is 5.75 Å². The Balaban J connectivity index is 1.59. The third-order valence-corrected chi connectivity index (χ3v) is 5.93. The zero-order valence-electron chi connectivity index (χ0n) is 15.8. The van der Waals surface area contributed by atoms with Crippen LogP contribution in [0.3, 0.4) is 0 Å². The molecule has 5 nitrogen and oxygen atoms in total. The second-order valence-electron chi connectivity index (χ2n) is 6.86. The number of primary sulfonamides is 1. The van der Waals surface area contributed by atoms with Crippen LogP contribution < -0.4 is 9.88 Å². The predicted octanol–water partition coefficient (Wildman–Crippen LogP) is 3.81. The van der Waals surface area contributed by atoms with Gasteiger partial charge in [-0.1, -0.05) is 48.5 Å². The van der Waals surface area contributed by atoms with E-state index in [0.717, 1.165) is 12.0 Å². The molecule has 6 heteroatoms. The van der Waals surface area contributed by atoms with Crippen molar-refractivity contribution in [2.75, 3.05) is 7.11 Å². The Morgan fingerprint density at radius 3 is 2.52 bits per heavy atom. The molecule has 0 aliphatic heterocycles. The average molecular weight is 405 g/mol. The number of benzene rings is 3. The molecule has 4 rings (SSSR count). The number of carbonyl (C=O) groups excluding carboxylic acids is 1. The number of ketones is 1. The molecule has 29 heavy (non-hydrogen) atoms. The van der Waals surface area contributed by atoms with E-state index in [2.05, 4.69) is 24.3 Å². The molecule has 0 aromatic heterocycles. The smallest absolute Gasteiger partial charge is 0.241 e. The highest BCUT2D eigenvalue weighted by Crippen LogP contribution is 2.36. The third kappa shape index (κ3) is 3.72. The highest BCUT2D eigenvalue weighted by atomic mass is 32.2. The van der Waals surface area contributed by atoms with E-state index in [4.69, 9.17) is 9.88 Å². The molecule has 1 aliphatic rings. The van der Waals surface area contributed by atoms with Crippen LogP contribution in [0.15, 0.2) is 71.6 Å². The summed E-state index contributed by atoms with van der Waals surface area (Å²) in [5, 5.41) is 5.22. The first kappa shape index (κ1) is 19.1. The first-order valence-corrected chi connectivity index (χ1v) is 10.6. The normalized spacial score (nSPS) is 12.6. The highest BCUT2D eigenvalue weighted by Gasteiger charge is 2.18. The summed E-state index contributed by atoms with van der Waals surface area (Å²) in [5.41, 5.74) is 6.12. The Kier molecular flexibility index (Phi) is 4.82. The van der Waals surface area contributed by atoms with Crippen molar-refractivity contribution in [3.05, 3.63) is 89.0 Å². The van der Waals surface area contributed by atoms with E-state index >= 15 is 0 Å². The lowest BCUT2D eigenvalue weighted by Crippen LogP contribution is -2.14. The van der Waals surface area contributed by atoms with Gasteiger partial charge in [0.25, 0.3) is 0 Å². The van der Waals surface area contributed by atoms with Crippen LogP contribution in [0, 0.1) is 0 Å². The summed E-state index contributed by atoms with van der Waals surface area (Å²) in [6.45, 7) is 0. The first-order valence-electron chi connectivity index (χ1n) is 9.01. The van der Waals surface area contributed by atoms with E-state index in [0.29, 0.717) is 0 Å². The van der Waals surface area contributed by atoms with Gasteiger partial charge in [-0.2, -0.15) is 0 Å². The van der Waals surface area contributed by atoms with Gasteiger partial charge in [-0.05, 0) is 58.5 Å². The predicted molar refractivity (Wildman–Crippen MR) is 112 cm³/mol. The second-order valence-corrected chi connectivity index (χ2v) is 8.39. The molecule has 0 radical (unpaired) electrons. The lowest BCUT2D eigenvalue weighted by atomic mass is 10.0. The Hall–Kier alpha value is -3.22. The minimum Gasteiger partial charge on any atom is -0.495 e. The molecule has 1 aliphatic carbocycles. The van der Waals surface area contributed by atoms with Crippen LogP contribution in [0.1, 0.15) is 27.0 Å². The molecule has 146 valence electrons. The van der Waals surface area contributed by atoms with Gasteiger partial charge in [-0.25, -0.2) is 13.6 Å². The molecule has 0 unspecified atom stereocenters. The fraction of sp³-hybridized carbons (Fsp3) is 0.0870. The van der Waals surface area contributed by atoms with Gasteiger partial charge in [0, 0.05) is 5.56 Å². The van der Waals surface area contributed by atoms with Crippen LogP contribution in [0.2, 0.25) is 0 Å². The number of allylic oxidation sites excluding steroid dienone is 1. The number of ether oxygens (including phenoxy) is 1. The standard InChI is InChI=1S/C23H19NO4S/c1-28-22-11-8-17(14-23(22)29(24,26)27)21(25)10-7-15-6-9-20-18(12-15)13-16-4-2-3-5-19(16)20/h2-12,14H,13H2,1H3,(H2,24,26,27)/b10-7+. The average Bonchev–Trinajstić information content (AvgIpc) is 3.08. The van der Waals surface area contributed by atoms with Crippen molar-refractivity contribution in [3.8, 4) is 16.9 Å². The summed E-state index contributed by atoms with van der Waals surface area (Å²) in [5.74, 6) is -0.215. The first-order chi connectivity index (χ1) is 13.9. The van der Waals surface area contributed by atoms with Crippen molar-refractivity contribution in [1.82, 2.24) is 0 Å². The van der Waals surface area contributed by atoms with Gasteiger partial charge in [-0.3, -0.25) is 4.79 Å². The maximum atomic E-state index is 12.5. The molecular weight excluding hydrogens is 386 g/mol. The van der Waals surface area contributed by atoms with Gasteiger partial charge in [0.15, 0.2) is 5.78 Å². The largest absolute Gasteiger partial charge is 0.495 e. The minimum absolute atomic E-state index is 0.103. The summed E-state index contributed by atoms with van der Waals surface area (Å²) >= 11 is 0. The fourth-order valence-electron chi connectivity index (χ4n) is 3.59. The van der Waals surface area contributed by atoms with Gasteiger partial charge in [0.05, 0.1) is 7.11 Å². The molecule has 0 spiro atoms. The summed E-state index contributed by atoms with van der Waals surface area (Å²) in [4.78, 5) is 12.3. The Labute approximate surface area is 169 Å². The van der Waals surface area contributed by atoms with Crippen molar-refractivity contribution in [1.29, 1.82) is 0 Å². The van der Waals surface area contributed by atoms with Crippen molar-refractivity contribution < 1.29 is 17.9 Å². The van der Waals surface area contributed by atoms with Crippen molar-refractivity contribution >= 4 is 21.9 Å². The molecule has 0 heterocycles. The van der Waals surface area contributed by atoms with Gasteiger partial charge < -0.3 is 4.74 Å². The van der Waals surface area contributed by atoms with Crippen LogP contribution in [0.4, 0.5) is 0 Å². The molecular formula is C23H19NO4S. The lowest BCUT2D eigenvalue weighted by Gasteiger charge is -2.07. The van der Waals surface area contributed by atoms with Crippen molar-refractivity contribution in [2.45, 2.75) is 11.3 Å². The van der Waals surface area contributed by atoms with Crippen molar-refractivity contribution in [2.24, 2.45) is 5.14 Å². The summed E-state index contributed by atoms with van der Waals surface area (Å²) in [7, 11) is -2.66. The monoisotopic (exact) mass is 405 g/mol. The molecule has 2 N–H and O–H groups in total. The second kappa shape index (κ2) is 7.31. The third-order valence-electron chi connectivity index (χ3n) is 5.00. The van der Waals surface area contributed by atoms with Crippen LogP contribution >= 0.6 is 0 Å². The van der Waals surface area contributed by atoms with E-state index < -0.39 is 10.0 Å². The van der Waals surface area contributed by atoms with Crippen LogP contribution in [-0.4, -0.2) is 21.3 Å². The topological polar surface area (TPSA) is 86.5 Å². The lowest BCUT2D eigenvalue weighted by molar-refractivity contribution is 0.104. The van der Waals surface area contributed by atoms with Gasteiger partial charge in [0.1, 0.15) is 10.6 Å². The Morgan fingerprint density at radius 1 is 1.00 bits per heavy atom. The Morgan fingerprint density at radius 2 is 1.76 bits per heavy atom. The number of methoxy groups -OCH3 is 1. The van der Waals surface area contributed by atoms with Crippen LogP contribution in [0.25, 0.3) is 17.2 Å². The van der Waals surface area contributed by atoms with Gasteiger partial charge in [-0.15, -0.1) is 0 Å². The molecule has 0 saturated carbocycles. The van der Waals surface area contributed by atoms with E-state index in [9.17, 15) is 13.2 Å². The molecule has 3 aromatic carbocycles. The van der Waals surface area contributed by atoms with Gasteiger partial charge >= 0.3 is 0 Å². The molecule has 0 amide bonds. The molecule has 0 bridgehead atoms. The molecule has 0 fully saturated rings. The Bertz CT molecular complexity index is 1260. The zero-order valence-corrected chi connectivity index (χ0v) is 16.6. The number of fused-ring (bicyclic) bond motifs is 3. The highest BCUT2D eigenvalue weighted by molar-refractivity contribution is 7.89. The van der Waals surface area contributed by atoms with Gasteiger partial charge in [0.2, 0.25) is 10.0 Å². The SMILES string of the molecule is COc1ccc(C(=O)/C=C/c2ccc3c(c2)Cc2ccccc2-3)cc1S(N)(=O)=O. The number of sulfonamides is 1. The zero-order chi connectivity index (χ0) is 20.6. The number of nitrogens with two attached hydrogens (primary N) is 1. The number of hydrogen-bond donors (Lipinski definition) is 1. The number of hydrogen-bond acceptors (Lipinski definition) is 4. The molecule has 0 saturated heterocycles. The quantitative estimate of drug-likeness (QED) is 0.404. The molecule has 0 atom stereocenters. The molecule has 3 aromatic rings. The van der Waals surface area contributed by atoms with Crippen LogP contribution in [-0.2, 0) is 16.4 Å². The number of carbonyl (C=O) groups is 1. The maximum Gasteiger partial charge on any atom is 0.241 e.